The molecule has 0 saturated carbocycles. The fourth-order valence-electron chi connectivity index (χ4n) is 6.39. The van der Waals surface area contributed by atoms with Crippen LogP contribution in [0.4, 0.5) is 0 Å². The van der Waals surface area contributed by atoms with E-state index < -0.39 is 11.9 Å². The summed E-state index contributed by atoms with van der Waals surface area (Å²) in [7, 11) is 9.79. The molecule has 0 spiro atoms. The molecule has 19 heteroatoms. The van der Waals surface area contributed by atoms with Gasteiger partial charge < -0.3 is 85.3 Å². The summed E-state index contributed by atoms with van der Waals surface area (Å²) in [6, 6.07) is 0. The number of ether oxygens (including phenoxy) is 18. The van der Waals surface area contributed by atoms with Crippen molar-refractivity contribution in [1.82, 2.24) is 0 Å². The number of carbonyl (C=O) groups is 1. The molecule has 0 N–H and O–H groups in total. The maximum Gasteiger partial charge on any atom is 0.283 e. The molecule has 0 rings (SSSR count). The van der Waals surface area contributed by atoms with Gasteiger partial charge >= 0.3 is 0 Å². The van der Waals surface area contributed by atoms with Crippen molar-refractivity contribution in [2.45, 2.75) is 90.0 Å². The predicted molar refractivity (Wildman–Crippen MR) is 247 cm³/mol. The highest BCUT2D eigenvalue weighted by molar-refractivity contribution is 5.82. The van der Waals surface area contributed by atoms with Gasteiger partial charge in [0.25, 0.3) is 11.9 Å². The van der Waals surface area contributed by atoms with Crippen LogP contribution in [0.25, 0.3) is 0 Å². The van der Waals surface area contributed by atoms with Crippen molar-refractivity contribution >= 4 is 5.78 Å². The average molecular weight is 963 g/mol. The SMILES string of the molecule is COCCOCCOC(CCCCCC(C)C(=O)C(C)CCCCCC(OCCOCCOC)(OCCOCCOC)OCCOCCOC)(OCCOCCOC)OCCOCCOC. The molecule has 0 aliphatic carbocycles. The molecule has 396 valence electrons. The van der Waals surface area contributed by atoms with E-state index >= 15 is 0 Å². The molecular formula is C47H94O19. The monoisotopic (exact) mass is 963 g/mol. The van der Waals surface area contributed by atoms with Crippen LogP contribution in [0.2, 0.25) is 0 Å². The van der Waals surface area contributed by atoms with Gasteiger partial charge in [-0.25, -0.2) is 0 Å². The highest BCUT2D eigenvalue weighted by Gasteiger charge is 2.35. The van der Waals surface area contributed by atoms with E-state index in [1.807, 2.05) is 13.8 Å². The number of hydrogen-bond donors (Lipinski definition) is 0. The first-order valence-electron chi connectivity index (χ1n) is 24.1. The Morgan fingerprint density at radius 1 is 0.303 bits per heavy atom. The summed E-state index contributed by atoms with van der Waals surface area (Å²) >= 11 is 0. The zero-order valence-electron chi connectivity index (χ0n) is 42.5. The lowest BCUT2D eigenvalue weighted by Crippen LogP contribution is -2.42. The third kappa shape index (κ3) is 38.8. The van der Waals surface area contributed by atoms with E-state index in [2.05, 4.69) is 0 Å². The lowest BCUT2D eigenvalue weighted by atomic mass is 9.88. The topological polar surface area (TPSA) is 183 Å². The second-order valence-corrected chi connectivity index (χ2v) is 15.5. The number of ketones is 1. The van der Waals surface area contributed by atoms with Gasteiger partial charge in [-0.2, -0.15) is 0 Å². The Morgan fingerprint density at radius 3 is 0.727 bits per heavy atom. The van der Waals surface area contributed by atoms with Gasteiger partial charge in [-0.3, -0.25) is 4.79 Å². The summed E-state index contributed by atoms with van der Waals surface area (Å²) in [5.74, 6) is -2.45. The summed E-state index contributed by atoms with van der Waals surface area (Å²) in [6.45, 7) is 13.5. The van der Waals surface area contributed by atoms with E-state index in [9.17, 15) is 4.79 Å². The van der Waals surface area contributed by atoms with Crippen LogP contribution in [0.3, 0.4) is 0 Å². The Bertz CT molecular complexity index is 843. The van der Waals surface area contributed by atoms with E-state index in [1.54, 1.807) is 42.7 Å². The Labute approximate surface area is 398 Å². The largest absolute Gasteiger partial charge is 0.382 e. The minimum atomic E-state index is -1.31. The van der Waals surface area contributed by atoms with Crippen molar-refractivity contribution < 1.29 is 90.1 Å². The molecule has 0 aromatic carbocycles. The molecule has 66 heavy (non-hydrogen) atoms. The van der Waals surface area contributed by atoms with Crippen molar-refractivity contribution in [2.24, 2.45) is 11.8 Å². The highest BCUT2D eigenvalue weighted by atomic mass is 16.9. The molecule has 19 nitrogen and oxygen atoms in total. The van der Waals surface area contributed by atoms with Gasteiger partial charge in [0.2, 0.25) is 0 Å². The smallest absolute Gasteiger partial charge is 0.283 e. The van der Waals surface area contributed by atoms with Gasteiger partial charge in [0.05, 0.1) is 159 Å². The fraction of sp³-hybridized carbons (Fsp3) is 0.979. The van der Waals surface area contributed by atoms with E-state index in [0.717, 1.165) is 51.4 Å². The van der Waals surface area contributed by atoms with Crippen LogP contribution in [0.1, 0.15) is 78.1 Å². The predicted octanol–water partition coefficient (Wildman–Crippen LogP) is 5.11. The first-order chi connectivity index (χ1) is 32.3. The second-order valence-electron chi connectivity index (χ2n) is 15.5. The minimum Gasteiger partial charge on any atom is -0.382 e. The quantitative estimate of drug-likeness (QED) is 0.0578. The van der Waals surface area contributed by atoms with Crippen LogP contribution in [-0.2, 0) is 90.1 Å². The van der Waals surface area contributed by atoms with Gasteiger partial charge in [0.15, 0.2) is 0 Å². The first kappa shape index (κ1) is 65.0. The zero-order valence-corrected chi connectivity index (χ0v) is 42.5. The van der Waals surface area contributed by atoms with Gasteiger partial charge in [-0.1, -0.05) is 39.5 Å². The molecule has 2 atom stereocenters. The van der Waals surface area contributed by atoms with E-state index in [0.29, 0.717) is 132 Å². The normalized spacial score (nSPS) is 13.2. The number of rotatable bonds is 56. The van der Waals surface area contributed by atoms with Crippen LogP contribution in [0.15, 0.2) is 0 Å². The number of unbranched alkanes of at least 4 members (excludes halogenated alkanes) is 4. The first-order valence-corrected chi connectivity index (χ1v) is 24.1. The number of hydrogen-bond acceptors (Lipinski definition) is 19. The average Bonchev–Trinajstić information content (AvgIpc) is 3.32. The summed E-state index contributed by atoms with van der Waals surface area (Å²) in [4.78, 5) is 13.5. The fourth-order valence-corrected chi connectivity index (χ4v) is 6.39. The number of methoxy groups -OCH3 is 6. The highest BCUT2D eigenvalue weighted by Crippen LogP contribution is 2.27. The maximum atomic E-state index is 13.5. The molecule has 2 unspecified atom stereocenters. The van der Waals surface area contributed by atoms with Gasteiger partial charge in [0, 0.05) is 67.3 Å². The Hall–Kier alpha value is -1.05. The van der Waals surface area contributed by atoms with Crippen LogP contribution in [-0.4, -0.2) is 219 Å². The molecule has 0 radical (unpaired) electrons. The molecule has 0 aromatic heterocycles. The molecule has 0 aliphatic rings. The molecule has 0 amide bonds. The summed E-state index contributed by atoms with van der Waals surface area (Å²) in [5, 5.41) is 0. The molecular weight excluding hydrogens is 868 g/mol. The van der Waals surface area contributed by atoms with E-state index in [4.69, 9.17) is 85.3 Å². The summed E-state index contributed by atoms with van der Waals surface area (Å²) in [6.07, 6.45) is 7.57. The molecule has 0 saturated heterocycles. The third-order valence-corrected chi connectivity index (χ3v) is 10.1. The van der Waals surface area contributed by atoms with Crippen LogP contribution in [0.5, 0.6) is 0 Å². The lowest BCUT2D eigenvalue weighted by Gasteiger charge is -2.33. The Balaban J connectivity index is 5.29. The van der Waals surface area contributed by atoms with Crippen molar-refractivity contribution in [3.8, 4) is 0 Å². The van der Waals surface area contributed by atoms with Crippen LogP contribution < -0.4 is 0 Å². The number of Topliss-reactive ketones (excluding diaryl/α,β-unsaturated/α-hetero) is 1. The third-order valence-electron chi connectivity index (χ3n) is 10.1. The van der Waals surface area contributed by atoms with Gasteiger partial charge in [0.1, 0.15) is 5.78 Å². The molecule has 0 aliphatic heterocycles. The molecule has 0 bridgehead atoms. The van der Waals surface area contributed by atoms with Crippen molar-refractivity contribution in [2.75, 3.05) is 201 Å². The molecule has 0 fully saturated rings. The van der Waals surface area contributed by atoms with Gasteiger partial charge in [-0.05, 0) is 25.7 Å². The second kappa shape index (κ2) is 49.0. The van der Waals surface area contributed by atoms with Crippen LogP contribution in [0, 0.1) is 11.8 Å². The minimum absolute atomic E-state index is 0.0579. The maximum absolute atomic E-state index is 13.5. The standard InChI is InChI=1S/C47H94O19/c1-43(15-11-9-13-17-46(61-37-31-55-25-19-49-3,62-38-32-56-26-20-50-4)63-39-33-57-27-21-51-5)45(48)44(2)16-12-10-14-18-47(64-40-34-58-28-22-52-6,65-41-35-59-29-23-53-7)66-42-36-60-30-24-54-8/h43-44H,9-42H2,1-8H3. The Morgan fingerprint density at radius 2 is 0.515 bits per heavy atom. The Kier molecular flexibility index (Phi) is 48.2. The van der Waals surface area contributed by atoms with E-state index in [1.165, 1.54) is 0 Å². The number of carbonyl (C=O) groups excluding carboxylic acids is 1. The van der Waals surface area contributed by atoms with E-state index in [-0.39, 0.29) is 57.3 Å². The lowest BCUT2D eigenvalue weighted by molar-refractivity contribution is -0.388. The summed E-state index contributed by atoms with van der Waals surface area (Å²) in [5.41, 5.74) is 0. The molecule has 0 aromatic rings. The summed E-state index contributed by atoms with van der Waals surface area (Å²) < 4.78 is 102. The van der Waals surface area contributed by atoms with Gasteiger partial charge in [-0.15, -0.1) is 0 Å². The van der Waals surface area contributed by atoms with Crippen molar-refractivity contribution in [3.63, 3.8) is 0 Å². The van der Waals surface area contributed by atoms with Crippen molar-refractivity contribution in [1.29, 1.82) is 0 Å². The van der Waals surface area contributed by atoms with Crippen LogP contribution >= 0.6 is 0 Å². The molecule has 0 heterocycles. The van der Waals surface area contributed by atoms with Crippen molar-refractivity contribution in [3.05, 3.63) is 0 Å². The zero-order chi connectivity index (χ0) is 48.5.